The Kier molecular flexibility index (Phi) is 15.2. The van der Waals surface area contributed by atoms with Crippen molar-refractivity contribution in [3.8, 4) is 0 Å². The summed E-state index contributed by atoms with van der Waals surface area (Å²) in [5.41, 5.74) is 7.33. The minimum Gasteiger partial charge on any atom is -0.388 e. The Morgan fingerprint density at radius 2 is 1.06 bits per heavy atom. The van der Waals surface area contributed by atoms with E-state index in [1.807, 2.05) is 40.0 Å². The highest BCUT2D eigenvalue weighted by Crippen LogP contribution is 2.35. The molecular weight excluding hydrogens is 861 g/mol. The van der Waals surface area contributed by atoms with Gasteiger partial charge in [0.25, 0.3) is 10.0 Å². The Morgan fingerprint density at radius 1 is 0.597 bits per heavy atom. The maximum atomic E-state index is 13.3. The number of aliphatic hydroxyl groups excluding tert-OH is 2. The Balaban J connectivity index is 0.000000175. The maximum absolute atomic E-state index is 13.3. The van der Waals surface area contributed by atoms with E-state index in [1.165, 1.54) is 15.1 Å². The van der Waals surface area contributed by atoms with E-state index >= 15 is 0 Å². The average molecular weight is 923 g/mol. The molecule has 2 aliphatic rings. The summed E-state index contributed by atoms with van der Waals surface area (Å²) in [4.78, 5) is 26.6. The van der Waals surface area contributed by atoms with Gasteiger partial charge in [-0.3, -0.25) is 9.80 Å². The molecule has 6 aromatic heterocycles. The molecule has 11 rings (SSSR count). The summed E-state index contributed by atoms with van der Waals surface area (Å²) in [6.07, 6.45) is 10.8. The molecule has 3 aromatic carbocycles. The van der Waals surface area contributed by atoms with Crippen molar-refractivity contribution in [1.29, 1.82) is 0 Å². The van der Waals surface area contributed by atoms with Gasteiger partial charge >= 0.3 is 0 Å². The molecule has 0 unspecified atom stereocenters. The van der Waals surface area contributed by atoms with Crippen LogP contribution in [0.5, 0.6) is 0 Å². The van der Waals surface area contributed by atoms with Gasteiger partial charge in [0.1, 0.15) is 41.5 Å². The van der Waals surface area contributed by atoms with Crippen LogP contribution in [0.1, 0.15) is 88.2 Å². The second-order valence-corrected chi connectivity index (χ2v) is 18.3. The Bertz CT molecular complexity index is 3100. The van der Waals surface area contributed by atoms with Crippen molar-refractivity contribution in [2.24, 2.45) is 0 Å². The summed E-state index contributed by atoms with van der Waals surface area (Å²) in [5, 5.41) is 21.8. The summed E-state index contributed by atoms with van der Waals surface area (Å²) in [6.45, 7) is 13.6. The van der Waals surface area contributed by atoms with Crippen LogP contribution in [-0.2, 0) is 36.3 Å². The molecule has 2 saturated heterocycles. The van der Waals surface area contributed by atoms with Gasteiger partial charge in [0.15, 0.2) is 5.65 Å². The Hall–Kier alpha value is -6.23. The van der Waals surface area contributed by atoms with Gasteiger partial charge in [0.2, 0.25) is 0 Å². The van der Waals surface area contributed by atoms with Crippen LogP contribution < -0.4 is 0 Å². The minimum absolute atomic E-state index is 0.0508. The van der Waals surface area contributed by atoms with Crippen molar-refractivity contribution in [1.82, 2.24) is 47.8 Å². The van der Waals surface area contributed by atoms with Crippen LogP contribution in [0, 0.1) is 0 Å². The molecule has 3 N–H and O–H groups in total. The predicted octanol–water partition coefficient (Wildman–Crippen LogP) is 9.25. The standard InChI is InChI=1S/C27H27N5O3S.C21H23N5O.2C2H6/c33-19-25-29-24-17-28-27-23(13-16-31(27)36(34,35)22-9-5-2-6-10-22)26(24)32(25)21-11-14-30(15-12-21)18-20-7-3-1-4-8-20;27-14-19-24-18-12-23-21-17(6-9-22-21)20(18)26(19)16-7-10-25(11-8-16)13-15-4-2-1-3-5-15;2*1-2/h1-10,13,16-17,21,33H,11-12,14-15,18-19H2;1-6,9,12,16,27H,7-8,10-11,13-14H2,(H,22,23);2*1-2H3. The normalized spacial score (nSPS) is 15.3. The van der Waals surface area contributed by atoms with Crippen LogP contribution in [-0.4, -0.2) is 92.6 Å². The van der Waals surface area contributed by atoms with Gasteiger partial charge in [-0.1, -0.05) is 107 Å². The van der Waals surface area contributed by atoms with Crippen molar-refractivity contribution in [3.63, 3.8) is 0 Å². The number of likely N-dealkylation sites (tertiary alicyclic amines) is 2. The lowest BCUT2D eigenvalue weighted by atomic mass is 10.0. The number of fused-ring (bicyclic) bond motifs is 6. The first-order valence-corrected chi connectivity index (χ1v) is 25.1. The third kappa shape index (κ3) is 9.79. The number of hydrogen-bond acceptors (Lipinski definition) is 10. The number of aliphatic hydroxyl groups is 2. The number of rotatable bonds is 10. The number of piperidine rings is 2. The quantitative estimate of drug-likeness (QED) is 0.121. The van der Waals surface area contributed by atoms with Crippen LogP contribution in [0.3, 0.4) is 0 Å². The zero-order valence-electron chi connectivity index (χ0n) is 38.9. The first kappa shape index (κ1) is 47.3. The van der Waals surface area contributed by atoms with Gasteiger partial charge in [0.05, 0.1) is 28.3 Å². The number of aromatic nitrogens is 8. The summed E-state index contributed by atoms with van der Waals surface area (Å²) < 4.78 is 32.3. The molecule has 0 aliphatic carbocycles. The monoisotopic (exact) mass is 922 g/mol. The molecule has 0 bridgehead atoms. The Labute approximate surface area is 392 Å². The molecule has 0 saturated carbocycles. The SMILES string of the molecule is CC.CC.O=S(=O)(c1ccccc1)n1ccc2c1ncc1nc(CO)n(C3CCN(Cc4ccccc4)CC3)c12.OCc1nc2cnc3[nH]ccc3c2n1C1CCN(Cc2ccccc2)CC1. The number of hydrogen-bond donors (Lipinski definition) is 3. The van der Waals surface area contributed by atoms with Gasteiger partial charge in [-0.05, 0) is 61.1 Å². The van der Waals surface area contributed by atoms with E-state index in [-0.39, 0.29) is 24.2 Å². The molecule has 0 amide bonds. The lowest BCUT2D eigenvalue weighted by Gasteiger charge is -2.33. The fraction of sp³-hybridized carbons (Fsp3) is 0.346. The highest BCUT2D eigenvalue weighted by molar-refractivity contribution is 7.90. The highest BCUT2D eigenvalue weighted by Gasteiger charge is 2.29. The maximum Gasteiger partial charge on any atom is 0.269 e. The largest absolute Gasteiger partial charge is 0.388 e. The molecule has 350 valence electrons. The second-order valence-electron chi connectivity index (χ2n) is 16.5. The van der Waals surface area contributed by atoms with Gasteiger partial charge in [0, 0.05) is 74.5 Å². The summed E-state index contributed by atoms with van der Waals surface area (Å²) in [5.74, 6) is 1.32. The van der Waals surface area contributed by atoms with Crippen LogP contribution >= 0.6 is 0 Å². The van der Waals surface area contributed by atoms with E-state index in [2.05, 4.69) is 105 Å². The van der Waals surface area contributed by atoms with E-state index < -0.39 is 10.0 Å². The van der Waals surface area contributed by atoms with Crippen LogP contribution in [0.15, 0.2) is 133 Å². The second kappa shape index (κ2) is 21.6. The topological polar surface area (TPSA) is 163 Å². The molecule has 14 nitrogen and oxygen atoms in total. The molecule has 0 atom stereocenters. The molecule has 2 fully saturated rings. The molecule has 0 radical (unpaired) electrons. The zero-order valence-corrected chi connectivity index (χ0v) is 39.7. The van der Waals surface area contributed by atoms with E-state index in [0.717, 1.165) is 98.4 Å². The molecule has 8 heterocycles. The van der Waals surface area contributed by atoms with Gasteiger partial charge in [-0.15, -0.1) is 0 Å². The number of imidazole rings is 2. The van der Waals surface area contributed by atoms with E-state index in [1.54, 1.807) is 55.0 Å². The first-order valence-electron chi connectivity index (χ1n) is 23.6. The number of H-pyrrole nitrogens is 1. The number of nitrogens with zero attached hydrogens (tertiary/aromatic N) is 9. The third-order valence-electron chi connectivity index (χ3n) is 12.6. The van der Waals surface area contributed by atoms with Gasteiger partial charge in [-0.25, -0.2) is 32.3 Å². The molecule has 9 aromatic rings. The lowest BCUT2D eigenvalue weighted by molar-refractivity contribution is 0.174. The summed E-state index contributed by atoms with van der Waals surface area (Å²) >= 11 is 0. The van der Waals surface area contributed by atoms with Crippen molar-refractivity contribution in [2.45, 2.75) is 96.7 Å². The van der Waals surface area contributed by atoms with Gasteiger partial charge < -0.3 is 24.3 Å². The number of aromatic amines is 1. The number of pyridine rings is 2. The predicted molar refractivity (Wildman–Crippen MR) is 266 cm³/mol. The van der Waals surface area contributed by atoms with Crippen LogP contribution in [0.2, 0.25) is 0 Å². The molecule has 67 heavy (non-hydrogen) atoms. The lowest BCUT2D eigenvalue weighted by Crippen LogP contribution is -2.34. The van der Waals surface area contributed by atoms with E-state index in [9.17, 15) is 18.6 Å². The van der Waals surface area contributed by atoms with E-state index in [0.29, 0.717) is 28.4 Å². The van der Waals surface area contributed by atoms with Crippen molar-refractivity contribution >= 4 is 54.2 Å². The zero-order chi connectivity index (χ0) is 46.9. The number of benzene rings is 3. The third-order valence-corrected chi connectivity index (χ3v) is 14.3. The average Bonchev–Trinajstić information content (AvgIpc) is 4.21. The molecule has 0 spiro atoms. The fourth-order valence-electron chi connectivity index (χ4n) is 9.60. The molecule has 15 heteroatoms. The minimum atomic E-state index is -3.80. The van der Waals surface area contributed by atoms with Crippen LogP contribution in [0.25, 0.3) is 44.1 Å². The molecular formula is C52H62N10O4S. The highest BCUT2D eigenvalue weighted by atomic mass is 32.2. The van der Waals surface area contributed by atoms with Crippen LogP contribution in [0.4, 0.5) is 0 Å². The smallest absolute Gasteiger partial charge is 0.269 e. The number of nitrogens with one attached hydrogen (secondary N) is 1. The van der Waals surface area contributed by atoms with Crippen molar-refractivity contribution < 1.29 is 18.6 Å². The van der Waals surface area contributed by atoms with Gasteiger partial charge in [-0.2, -0.15) is 0 Å². The first-order chi connectivity index (χ1) is 32.9. The summed E-state index contributed by atoms with van der Waals surface area (Å²) in [7, 11) is -3.80. The van der Waals surface area contributed by atoms with Crippen molar-refractivity contribution in [3.05, 3.63) is 151 Å². The Morgan fingerprint density at radius 3 is 1.55 bits per heavy atom. The fourth-order valence-corrected chi connectivity index (χ4v) is 10.9. The summed E-state index contributed by atoms with van der Waals surface area (Å²) in [6, 6.07) is 33.8. The molecule has 2 aliphatic heterocycles. The van der Waals surface area contributed by atoms with E-state index in [4.69, 9.17) is 0 Å². The van der Waals surface area contributed by atoms with Crippen molar-refractivity contribution in [2.75, 3.05) is 26.2 Å².